The molecule has 0 aliphatic carbocycles. The fraction of sp³-hybridized carbons (Fsp3) is 0.933. The highest BCUT2D eigenvalue weighted by Crippen LogP contribution is 2.18. The summed E-state index contributed by atoms with van der Waals surface area (Å²) >= 11 is 0. The summed E-state index contributed by atoms with van der Waals surface area (Å²) < 4.78 is 0. The van der Waals surface area contributed by atoms with Crippen molar-refractivity contribution >= 4 is 5.91 Å². The van der Waals surface area contributed by atoms with Crippen LogP contribution in [0.1, 0.15) is 60.3 Å². The molecule has 18 heavy (non-hydrogen) atoms. The standard InChI is InChI=1S/C15H32N2O/c1-7-9-10-15(5,14(18)16-6)17-11-13(8-2)12(3)4/h12-13,17H,7-11H2,1-6H3,(H,16,18). The minimum absolute atomic E-state index is 0.106. The molecule has 1 amide bonds. The van der Waals surface area contributed by atoms with Gasteiger partial charge in [0.2, 0.25) is 5.91 Å². The molecule has 0 fully saturated rings. The van der Waals surface area contributed by atoms with Gasteiger partial charge >= 0.3 is 0 Å². The molecule has 3 nitrogen and oxygen atoms in total. The second-order valence-corrected chi connectivity index (χ2v) is 5.81. The van der Waals surface area contributed by atoms with Crippen LogP contribution >= 0.6 is 0 Å². The van der Waals surface area contributed by atoms with E-state index >= 15 is 0 Å². The third-order valence-corrected chi connectivity index (χ3v) is 3.98. The number of nitrogens with one attached hydrogen (secondary N) is 2. The third-order valence-electron chi connectivity index (χ3n) is 3.98. The van der Waals surface area contributed by atoms with Gasteiger partial charge in [-0.2, -0.15) is 0 Å². The number of rotatable bonds is 9. The maximum absolute atomic E-state index is 12.0. The Bertz CT molecular complexity index is 241. The summed E-state index contributed by atoms with van der Waals surface area (Å²) in [5.41, 5.74) is -0.424. The molecule has 2 atom stereocenters. The number of hydrogen-bond donors (Lipinski definition) is 2. The van der Waals surface area contributed by atoms with Crippen molar-refractivity contribution in [2.75, 3.05) is 13.6 Å². The normalized spacial score (nSPS) is 16.4. The summed E-state index contributed by atoms with van der Waals surface area (Å²) in [6, 6.07) is 0. The molecule has 0 saturated carbocycles. The van der Waals surface area contributed by atoms with Crippen LogP contribution in [0, 0.1) is 11.8 Å². The molecule has 0 spiro atoms. The Hall–Kier alpha value is -0.570. The van der Waals surface area contributed by atoms with Crippen molar-refractivity contribution < 1.29 is 4.79 Å². The summed E-state index contributed by atoms with van der Waals surface area (Å²) in [6.45, 7) is 11.8. The van der Waals surface area contributed by atoms with E-state index in [-0.39, 0.29) is 5.91 Å². The Morgan fingerprint density at radius 1 is 1.28 bits per heavy atom. The molecule has 2 N–H and O–H groups in total. The van der Waals surface area contributed by atoms with E-state index in [1.165, 1.54) is 0 Å². The van der Waals surface area contributed by atoms with Gasteiger partial charge in [0.15, 0.2) is 0 Å². The number of unbranched alkanes of at least 4 members (excludes halogenated alkanes) is 1. The van der Waals surface area contributed by atoms with Crippen LogP contribution in [0.3, 0.4) is 0 Å². The summed E-state index contributed by atoms with van der Waals surface area (Å²) in [5.74, 6) is 1.40. The minimum Gasteiger partial charge on any atom is -0.358 e. The molecule has 0 heterocycles. The Morgan fingerprint density at radius 2 is 1.89 bits per heavy atom. The number of carbonyl (C=O) groups is 1. The van der Waals surface area contributed by atoms with Crippen LogP contribution in [0.2, 0.25) is 0 Å². The van der Waals surface area contributed by atoms with Crippen molar-refractivity contribution in [1.29, 1.82) is 0 Å². The quantitative estimate of drug-likeness (QED) is 0.666. The van der Waals surface area contributed by atoms with Gasteiger partial charge in [0.05, 0.1) is 5.54 Å². The number of likely N-dealkylation sites (N-methyl/N-ethyl adjacent to an activating group) is 1. The van der Waals surface area contributed by atoms with Gasteiger partial charge in [0, 0.05) is 7.05 Å². The van der Waals surface area contributed by atoms with E-state index in [4.69, 9.17) is 0 Å². The molecule has 108 valence electrons. The lowest BCUT2D eigenvalue weighted by molar-refractivity contribution is -0.127. The SMILES string of the molecule is CCCCC(C)(NCC(CC)C(C)C)C(=O)NC. The van der Waals surface area contributed by atoms with Crippen LogP contribution in [0.4, 0.5) is 0 Å². The summed E-state index contributed by atoms with van der Waals surface area (Å²) in [4.78, 5) is 12.0. The van der Waals surface area contributed by atoms with Gasteiger partial charge in [-0.1, -0.05) is 47.0 Å². The zero-order chi connectivity index (χ0) is 14.2. The van der Waals surface area contributed by atoms with Crippen LogP contribution in [-0.2, 0) is 4.79 Å². The first-order valence-electron chi connectivity index (χ1n) is 7.38. The van der Waals surface area contributed by atoms with Crippen LogP contribution in [-0.4, -0.2) is 25.0 Å². The average Bonchev–Trinajstić information content (AvgIpc) is 2.35. The van der Waals surface area contributed by atoms with E-state index in [2.05, 4.69) is 38.3 Å². The van der Waals surface area contributed by atoms with Crippen LogP contribution < -0.4 is 10.6 Å². The van der Waals surface area contributed by atoms with E-state index < -0.39 is 5.54 Å². The van der Waals surface area contributed by atoms with Crippen molar-refractivity contribution in [3.05, 3.63) is 0 Å². The van der Waals surface area contributed by atoms with E-state index in [9.17, 15) is 4.79 Å². The van der Waals surface area contributed by atoms with Gasteiger partial charge in [-0.3, -0.25) is 4.79 Å². The number of hydrogen-bond acceptors (Lipinski definition) is 2. The lowest BCUT2D eigenvalue weighted by Gasteiger charge is -2.32. The molecule has 0 aromatic heterocycles. The lowest BCUT2D eigenvalue weighted by Crippen LogP contribution is -2.55. The molecule has 0 bridgehead atoms. The maximum Gasteiger partial charge on any atom is 0.239 e. The van der Waals surface area contributed by atoms with Gasteiger partial charge in [0.25, 0.3) is 0 Å². The molecule has 3 heteroatoms. The molecule has 0 aromatic carbocycles. The van der Waals surface area contributed by atoms with Crippen molar-refractivity contribution in [2.24, 2.45) is 11.8 Å². The highest BCUT2D eigenvalue weighted by molar-refractivity contribution is 5.85. The molecule has 0 rings (SSSR count). The van der Waals surface area contributed by atoms with E-state index in [0.717, 1.165) is 32.2 Å². The van der Waals surface area contributed by atoms with E-state index in [1.807, 2.05) is 6.92 Å². The van der Waals surface area contributed by atoms with Crippen molar-refractivity contribution in [1.82, 2.24) is 10.6 Å². The van der Waals surface area contributed by atoms with Gasteiger partial charge in [-0.15, -0.1) is 0 Å². The summed E-state index contributed by atoms with van der Waals surface area (Å²) in [6.07, 6.45) is 4.25. The van der Waals surface area contributed by atoms with E-state index in [1.54, 1.807) is 7.05 Å². The molecular weight excluding hydrogens is 224 g/mol. The van der Waals surface area contributed by atoms with Crippen LogP contribution in [0.15, 0.2) is 0 Å². The molecule has 0 radical (unpaired) electrons. The van der Waals surface area contributed by atoms with Crippen LogP contribution in [0.5, 0.6) is 0 Å². The molecule has 0 aliphatic rings. The predicted molar refractivity (Wildman–Crippen MR) is 78.6 cm³/mol. The monoisotopic (exact) mass is 256 g/mol. The lowest BCUT2D eigenvalue weighted by atomic mass is 9.89. The molecular formula is C15H32N2O. The predicted octanol–water partition coefficient (Wildman–Crippen LogP) is 2.95. The molecule has 2 unspecified atom stereocenters. The minimum atomic E-state index is -0.424. The van der Waals surface area contributed by atoms with Crippen LogP contribution in [0.25, 0.3) is 0 Å². The molecule has 0 saturated heterocycles. The Kier molecular flexibility index (Phi) is 8.25. The Labute approximate surface area is 113 Å². The summed E-state index contributed by atoms with van der Waals surface area (Å²) in [5, 5.41) is 6.29. The van der Waals surface area contributed by atoms with Crippen molar-refractivity contribution in [2.45, 2.75) is 65.8 Å². The van der Waals surface area contributed by atoms with E-state index in [0.29, 0.717) is 11.8 Å². The van der Waals surface area contributed by atoms with Gasteiger partial charge in [-0.25, -0.2) is 0 Å². The maximum atomic E-state index is 12.0. The first-order valence-corrected chi connectivity index (χ1v) is 7.38. The average molecular weight is 256 g/mol. The number of amides is 1. The first-order chi connectivity index (χ1) is 8.41. The van der Waals surface area contributed by atoms with Crippen molar-refractivity contribution in [3.63, 3.8) is 0 Å². The second kappa shape index (κ2) is 8.52. The first kappa shape index (κ1) is 17.4. The highest BCUT2D eigenvalue weighted by Gasteiger charge is 2.31. The Balaban J connectivity index is 4.54. The fourth-order valence-corrected chi connectivity index (χ4v) is 2.30. The molecule has 0 aromatic rings. The zero-order valence-electron chi connectivity index (χ0n) is 13.1. The van der Waals surface area contributed by atoms with Crippen molar-refractivity contribution in [3.8, 4) is 0 Å². The zero-order valence-corrected chi connectivity index (χ0v) is 13.1. The topological polar surface area (TPSA) is 41.1 Å². The Morgan fingerprint density at radius 3 is 2.28 bits per heavy atom. The van der Waals surface area contributed by atoms with Gasteiger partial charge < -0.3 is 10.6 Å². The summed E-state index contributed by atoms with van der Waals surface area (Å²) in [7, 11) is 1.72. The van der Waals surface area contributed by atoms with Gasteiger partial charge in [-0.05, 0) is 31.7 Å². The molecule has 0 aliphatic heterocycles. The van der Waals surface area contributed by atoms with Gasteiger partial charge in [0.1, 0.15) is 0 Å². The highest BCUT2D eigenvalue weighted by atomic mass is 16.2. The third kappa shape index (κ3) is 5.38. The largest absolute Gasteiger partial charge is 0.358 e. The fourth-order valence-electron chi connectivity index (χ4n) is 2.30. The number of carbonyl (C=O) groups excluding carboxylic acids is 1. The smallest absolute Gasteiger partial charge is 0.239 e. The second-order valence-electron chi connectivity index (χ2n) is 5.81.